The summed E-state index contributed by atoms with van der Waals surface area (Å²) in [5, 5.41) is 2.13. The number of aromatic nitrogens is 3. The second-order valence-electron chi connectivity index (χ2n) is 2.34. The lowest BCUT2D eigenvalue weighted by Gasteiger charge is -2.01. The first-order valence-corrected chi connectivity index (χ1v) is 4.66. The van der Waals surface area contributed by atoms with E-state index in [2.05, 4.69) is 14.3 Å². The summed E-state index contributed by atoms with van der Waals surface area (Å²) in [4.78, 5) is 7.79. The molecule has 0 saturated carbocycles. The molecule has 0 bridgehead atoms. The molecule has 0 unspecified atom stereocenters. The van der Waals surface area contributed by atoms with E-state index in [1.165, 1.54) is 17.9 Å². The molecule has 2 rings (SSSR count). The molecule has 0 aliphatic heterocycles. The topological polar surface area (TPSA) is 64.7 Å². The first kappa shape index (κ1) is 8.40. The highest BCUT2D eigenvalue weighted by molar-refractivity contribution is 7.03. The van der Waals surface area contributed by atoms with Crippen molar-refractivity contribution in [1.29, 1.82) is 0 Å². The van der Waals surface area contributed by atoms with E-state index in [1.807, 2.05) is 5.38 Å². The van der Waals surface area contributed by atoms with Gasteiger partial charge in [-0.05, 0) is 11.5 Å². The number of halogens is 1. The van der Waals surface area contributed by atoms with E-state index in [9.17, 15) is 0 Å². The average molecular weight is 213 g/mol. The van der Waals surface area contributed by atoms with Gasteiger partial charge in [0.25, 0.3) is 0 Å². The van der Waals surface area contributed by atoms with E-state index in [0.717, 1.165) is 5.56 Å². The molecule has 13 heavy (non-hydrogen) atoms. The Labute approximate surface area is 83.6 Å². The first-order valence-electron chi connectivity index (χ1n) is 3.45. The van der Waals surface area contributed by atoms with Crippen LogP contribution in [-0.4, -0.2) is 14.3 Å². The smallest absolute Gasteiger partial charge is 0.155 e. The molecule has 0 fully saturated rings. The van der Waals surface area contributed by atoms with Crippen LogP contribution in [0.5, 0.6) is 0 Å². The zero-order valence-electron chi connectivity index (χ0n) is 6.44. The van der Waals surface area contributed by atoms with Gasteiger partial charge in [-0.2, -0.15) is 0 Å². The lowest BCUT2D eigenvalue weighted by Crippen LogP contribution is -1.95. The van der Waals surface area contributed by atoms with Crippen LogP contribution in [0.25, 0.3) is 11.3 Å². The number of hydrogen-bond acceptors (Lipinski definition) is 5. The highest BCUT2D eigenvalue weighted by atomic mass is 35.5. The van der Waals surface area contributed by atoms with Crippen molar-refractivity contribution in [1.82, 2.24) is 14.3 Å². The summed E-state index contributed by atoms with van der Waals surface area (Å²) in [5.74, 6) is 0. The first-order chi connectivity index (χ1) is 6.29. The molecule has 0 spiro atoms. The van der Waals surface area contributed by atoms with Crippen molar-refractivity contribution >= 4 is 28.8 Å². The van der Waals surface area contributed by atoms with Crippen molar-refractivity contribution in [2.75, 3.05) is 5.73 Å². The van der Waals surface area contributed by atoms with Gasteiger partial charge in [-0.25, -0.2) is 14.3 Å². The van der Waals surface area contributed by atoms with Crippen molar-refractivity contribution in [3.8, 4) is 11.3 Å². The number of nitrogens with two attached hydrogens (primary N) is 1. The van der Waals surface area contributed by atoms with Crippen molar-refractivity contribution in [2.45, 2.75) is 0 Å². The van der Waals surface area contributed by atoms with Gasteiger partial charge in [-0.1, -0.05) is 11.6 Å². The van der Waals surface area contributed by atoms with Crippen LogP contribution in [0.15, 0.2) is 17.9 Å². The molecule has 0 aliphatic carbocycles. The van der Waals surface area contributed by atoms with Gasteiger partial charge in [0.1, 0.15) is 12.0 Å². The molecule has 0 amide bonds. The SMILES string of the molecule is Nc1c(Cl)ncnc1-c1cnsc1. The van der Waals surface area contributed by atoms with E-state index in [-0.39, 0.29) is 5.15 Å². The summed E-state index contributed by atoms with van der Waals surface area (Å²) in [7, 11) is 0. The number of rotatable bonds is 1. The molecule has 2 aromatic heterocycles. The van der Waals surface area contributed by atoms with Gasteiger partial charge in [0.15, 0.2) is 5.15 Å². The average Bonchev–Trinajstić information content (AvgIpc) is 2.62. The minimum atomic E-state index is 0.274. The molecule has 0 atom stereocenters. The number of nitrogens with zero attached hydrogens (tertiary/aromatic N) is 3. The maximum atomic E-state index is 5.74. The molecule has 4 nitrogen and oxygen atoms in total. The van der Waals surface area contributed by atoms with Crippen LogP contribution in [0.2, 0.25) is 5.15 Å². The van der Waals surface area contributed by atoms with Crippen LogP contribution >= 0.6 is 23.1 Å². The third-order valence-electron chi connectivity index (χ3n) is 1.54. The molecule has 0 radical (unpaired) electrons. The summed E-state index contributed by atoms with van der Waals surface area (Å²) in [6.07, 6.45) is 3.07. The van der Waals surface area contributed by atoms with Crippen LogP contribution in [-0.2, 0) is 0 Å². The van der Waals surface area contributed by atoms with Gasteiger partial charge in [0.2, 0.25) is 0 Å². The number of anilines is 1. The lowest BCUT2D eigenvalue weighted by molar-refractivity contribution is 1.18. The third-order valence-corrected chi connectivity index (χ3v) is 2.43. The Morgan fingerprint density at radius 1 is 1.38 bits per heavy atom. The molecule has 0 saturated heterocycles. The summed E-state index contributed by atoms with van der Waals surface area (Å²) < 4.78 is 3.95. The van der Waals surface area contributed by atoms with E-state index in [0.29, 0.717) is 11.4 Å². The molecule has 0 aliphatic rings. The fourth-order valence-corrected chi connectivity index (χ4v) is 1.58. The minimum absolute atomic E-state index is 0.274. The van der Waals surface area contributed by atoms with E-state index in [1.54, 1.807) is 6.20 Å². The van der Waals surface area contributed by atoms with Crippen LogP contribution in [0.1, 0.15) is 0 Å². The Bertz CT molecular complexity index is 414. The van der Waals surface area contributed by atoms with Crippen molar-refractivity contribution in [2.24, 2.45) is 0 Å². The maximum absolute atomic E-state index is 5.74. The lowest BCUT2D eigenvalue weighted by atomic mass is 10.2. The molecule has 0 aromatic carbocycles. The fourth-order valence-electron chi connectivity index (χ4n) is 0.926. The molecule has 2 heterocycles. The molecule has 2 N–H and O–H groups in total. The molecular formula is C7H5ClN4S. The largest absolute Gasteiger partial charge is 0.394 e. The maximum Gasteiger partial charge on any atom is 0.155 e. The van der Waals surface area contributed by atoms with Gasteiger partial charge >= 0.3 is 0 Å². The minimum Gasteiger partial charge on any atom is -0.394 e. The van der Waals surface area contributed by atoms with E-state index < -0.39 is 0 Å². The van der Waals surface area contributed by atoms with Gasteiger partial charge < -0.3 is 5.73 Å². The summed E-state index contributed by atoms with van der Waals surface area (Å²) >= 11 is 7.08. The van der Waals surface area contributed by atoms with Gasteiger partial charge in [-0.15, -0.1) is 0 Å². The van der Waals surface area contributed by atoms with Crippen molar-refractivity contribution < 1.29 is 0 Å². The normalized spacial score (nSPS) is 10.2. The highest BCUT2D eigenvalue weighted by Gasteiger charge is 2.08. The van der Waals surface area contributed by atoms with E-state index in [4.69, 9.17) is 17.3 Å². The Morgan fingerprint density at radius 2 is 2.23 bits per heavy atom. The number of nitrogen functional groups attached to an aromatic ring is 1. The quantitative estimate of drug-likeness (QED) is 0.733. The molecule has 2 aromatic rings. The monoisotopic (exact) mass is 212 g/mol. The van der Waals surface area contributed by atoms with Crippen LogP contribution in [0, 0.1) is 0 Å². The van der Waals surface area contributed by atoms with Crippen LogP contribution < -0.4 is 5.73 Å². The Balaban J connectivity index is 2.59. The van der Waals surface area contributed by atoms with Crippen LogP contribution in [0.4, 0.5) is 5.69 Å². The summed E-state index contributed by atoms with van der Waals surface area (Å²) in [5.41, 5.74) is 7.59. The Hall–Kier alpha value is -1.20. The van der Waals surface area contributed by atoms with Crippen LogP contribution in [0.3, 0.4) is 0 Å². The fraction of sp³-hybridized carbons (Fsp3) is 0. The summed E-state index contributed by atoms with van der Waals surface area (Å²) in [6, 6.07) is 0. The van der Waals surface area contributed by atoms with Gasteiger partial charge in [-0.3, -0.25) is 0 Å². The number of hydrogen-bond donors (Lipinski definition) is 1. The summed E-state index contributed by atoms with van der Waals surface area (Å²) in [6.45, 7) is 0. The second-order valence-corrected chi connectivity index (χ2v) is 3.36. The van der Waals surface area contributed by atoms with Crippen molar-refractivity contribution in [3.05, 3.63) is 23.1 Å². The Morgan fingerprint density at radius 3 is 2.92 bits per heavy atom. The third kappa shape index (κ3) is 1.48. The Kier molecular flexibility index (Phi) is 2.12. The highest BCUT2D eigenvalue weighted by Crippen LogP contribution is 2.27. The zero-order chi connectivity index (χ0) is 9.26. The van der Waals surface area contributed by atoms with Crippen molar-refractivity contribution in [3.63, 3.8) is 0 Å². The van der Waals surface area contributed by atoms with Gasteiger partial charge in [0, 0.05) is 10.9 Å². The molecule has 6 heteroatoms. The van der Waals surface area contributed by atoms with Gasteiger partial charge in [0.05, 0.1) is 11.9 Å². The molecular weight excluding hydrogens is 208 g/mol. The van der Waals surface area contributed by atoms with E-state index >= 15 is 0 Å². The standard InChI is InChI=1S/C7H5ClN4S/c8-7-5(9)6(10-3-11-7)4-1-12-13-2-4/h1-3H,9H2. The zero-order valence-corrected chi connectivity index (χ0v) is 8.01. The predicted molar refractivity (Wildman–Crippen MR) is 52.6 cm³/mol. The predicted octanol–water partition coefficient (Wildman–Crippen LogP) is 1.84. The second kappa shape index (κ2) is 3.27. The molecule has 66 valence electrons.